The maximum Gasteiger partial charge on any atom is 0.250 e. The van der Waals surface area contributed by atoms with Gasteiger partial charge in [-0.1, -0.05) is 6.07 Å². The first-order valence-electron chi connectivity index (χ1n) is 8.13. The summed E-state index contributed by atoms with van der Waals surface area (Å²) in [6.45, 7) is 0.293. The Bertz CT molecular complexity index is 999. The molecule has 27 heavy (non-hydrogen) atoms. The molecular weight excluding hydrogens is 415 g/mol. The zero-order valence-corrected chi connectivity index (χ0v) is 16.9. The van der Waals surface area contributed by atoms with Crippen LogP contribution in [0.3, 0.4) is 0 Å². The number of ether oxygens (including phenoxy) is 1. The van der Waals surface area contributed by atoms with E-state index in [1.165, 1.54) is 29.6 Å². The highest BCUT2D eigenvalue weighted by Gasteiger charge is 2.32. The molecule has 0 aliphatic carbocycles. The SMILES string of the molecule is COc1ccc(S(=O)(=O)N2CCC(NS(=O)(=O)c3cccs3)CC2)cc1F. The van der Waals surface area contributed by atoms with Crippen LogP contribution in [0.2, 0.25) is 0 Å². The van der Waals surface area contributed by atoms with Crippen molar-refractivity contribution in [2.24, 2.45) is 0 Å². The third-order valence-corrected chi connectivity index (χ3v) is 9.11. The van der Waals surface area contributed by atoms with Crippen molar-refractivity contribution >= 4 is 31.4 Å². The topological polar surface area (TPSA) is 92.8 Å². The highest BCUT2D eigenvalue weighted by Crippen LogP contribution is 2.26. The summed E-state index contributed by atoms with van der Waals surface area (Å²) < 4.78 is 72.7. The van der Waals surface area contributed by atoms with Crippen LogP contribution in [0.25, 0.3) is 0 Å². The van der Waals surface area contributed by atoms with Crippen LogP contribution in [0.15, 0.2) is 44.8 Å². The lowest BCUT2D eigenvalue weighted by atomic mass is 10.1. The van der Waals surface area contributed by atoms with E-state index in [9.17, 15) is 21.2 Å². The Kier molecular flexibility index (Phi) is 5.87. The number of methoxy groups -OCH3 is 1. The fourth-order valence-corrected chi connectivity index (χ4v) is 6.66. The Hall–Kier alpha value is -1.53. The molecule has 0 spiro atoms. The largest absolute Gasteiger partial charge is 0.494 e. The van der Waals surface area contributed by atoms with Gasteiger partial charge in [0.1, 0.15) is 4.21 Å². The average molecular weight is 435 g/mol. The van der Waals surface area contributed by atoms with Crippen LogP contribution in [-0.4, -0.2) is 47.4 Å². The van der Waals surface area contributed by atoms with Crippen LogP contribution >= 0.6 is 11.3 Å². The molecule has 2 heterocycles. The van der Waals surface area contributed by atoms with Gasteiger partial charge in [0, 0.05) is 19.1 Å². The highest BCUT2D eigenvalue weighted by molar-refractivity contribution is 7.91. The van der Waals surface area contributed by atoms with Crippen molar-refractivity contribution in [1.29, 1.82) is 0 Å². The first-order chi connectivity index (χ1) is 12.7. The monoisotopic (exact) mass is 434 g/mol. The summed E-state index contributed by atoms with van der Waals surface area (Å²) in [5.41, 5.74) is 0. The molecule has 3 rings (SSSR count). The minimum Gasteiger partial charge on any atom is -0.494 e. The lowest BCUT2D eigenvalue weighted by Gasteiger charge is -2.31. The molecule has 2 aromatic rings. The number of nitrogens with zero attached hydrogens (tertiary/aromatic N) is 1. The minimum atomic E-state index is -3.86. The molecule has 0 radical (unpaired) electrons. The Morgan fingerprint density at radius 1 is 1.19 bits per heavy atom. The first kappa shape index (κ1) is 20.2. The van der Waals surface area contributed by atoms with Crippen LogP contribution in [0, 0.1) is 5.82 Å². The Balaban J connectivity index is 1.67. The highest BCUT2D eigenvalue weighted by atomic mass is 32.2. The van der Waals surface area contributed by atoms with Crippen molar-refractivity contribution in [3.05, 3.63) is 41.5 Å². The van der Waals surface area contributed by atoms with Gasteiger partial charge in [-0.15, -0.1) is 11.3 Å². The van der Waals surface area contributed by atoms with Gasteiger partial charge in [0.15, 0.2) is 11.6 Å². The second kappa shape index (κ2) is 7.84. The second-order valence-corrected chi connectivity index (χ2v) is 10.9. The van der Waals surface area contributed by atoms with E-state index < -0.39 is 25.9 Å². The summed E-state index contributed by atoms with van der Waals surface area (Å²) in [7, 11) is -6.15. The number of nitrogens with one attached hydrogen (secondary N) is 1. The fourth-order valence-electron chi connectivity index (χ4n) is 2.86. The number of thiophene rings is 1. The number of hydrogen-bond donors (Lipinski definition) is 1. The van der Waals surface area contributed by atoms with Gasteiger partial charge in [-0.25, -0.2) is 25.9 Å². The fraction of sp³-hybridized carbons (Fsp3) is 0.375. The summed E-state index contributed by atoms with van der Waals surface area (Å²) in [6, 6.07) is 6.32. The van der Waals surface area contributed by atoms with Gasteiger partial charge in [-0.3, -0.25) is 0 Å². The van der Waals surface area contributed by atoms with Crippen molar-refractivity contribution in [1.82, 2.24) is 9.03 Å². The molecule has 148 valence electrons. The summed E-state index contributed by atoms with van der Waals surface area (Å²) in [5.74, 6) is -0.784. The zero-order valence-electron chi connectivity index (χ0n) is 14.5. The summed E-state index contributed by atoms with van der Waals surface area (Å²) in [4.78, 5) is -0.154. The van der Waals surface area contributed by atoms with E-state index in [-0.39, 0.29) is 34.0 Å². The van der Waals surface area contributed by atoms with Gasteiger partial charge in [0.05, 0.1) is 12.0 Å². The Morgan fingerprint density at radius 3 is 2.44 bits per heavy atom. The van der Waals surface area contributed by atoms with Gasteiger partial charge in [-0.2, -0.15) is 4.31 Å². The van der Waals surface area contributed by atoms with Crippen molar-refractivity contribution < 1.29 is 26.0 Å². The van der Waals surface area contributed by atoms with Gasteiger partial charge >= 0.3 is 0 Å². The molecule has 7 nitrogen and oxygen atoms in total. The molecule has 0 unspecified atom stereocenters. The van der Waals surface area contributed by atoms with Crippen LogP contribution in [0.1, 0.15) is 12.8 Å². The minimum absolute atomic E-state index is 0.0318. The second-order valence-electron chi connectivity index (χ2n) is 6.03. The number of hydrogen-bond acceptors (Lipinski definition) is 6. The normalized spacial score (nSPS) is 17.1. The van der Waals surface area contributed by atoms with Crippen molar-refractivity contribution in [3.8, 4) is 5.75 Å². The molecule has 0 saturated carbocycles. The van der Waals surface area contributed by atoms with E-state index >= 15 is 0 Å². The molecule has 0 atom stereocenters. The van der Waals surface area contributed by atoms with Crippen LogP contribution in [0.4, 0.5) is 4.39 Å². The standard InChI is InChI=1S/C16H19FN2O5S3/c1-24-15-5-4-13(11-14(15)17)27(22,23)19-8-6-12(7-9-19)18-26(20,21)16-3-2-10-25-16/h2-5,10-12,18H,6-9H2,1H3. The maximum atomic E-state index is 13.8. The van der Waals surface area contributed by atoms with Gasteiger partial charge in [-0.05, 0) is 42.5 Å². The van der Waals surface area contributed by atoms with E-state index in [2.05, 4.69) is 4.72 Å². The number of rotatable bonds is 6. The van der Waals surface area contributed by atoms with E-state index in [0.29, 0.717) is 12.8 Å². The van der Waals surface area contributed by atoms with E-state index in [1.807, 2.05) is 0 Å². The molecule has 0 bridgehead atoms. The lowest BCUT2D eigenvalue weighted by Crippen LogP contribution is -2.46. The predicted molar refractivity (Wildman–Crippen MR) is 99.4 cm³/mol. The zero-order chi connectivity index (χ0) is 19.7. The van der Waals surface area contributed by atoms with Crippen molar-refractivity contribution in [2.75, 3.05) is 20.2 Å². The van der Waals surface area contributed by atoms with Gasteiger partial charge in [0.25, 0.3) is 0 Å². The molecule has 0 amide bonds. The number of halogens is 1. The molecule has 1 aromatic heterocycles. The molecule has 11 heteroatoms. The van der Waals surface area contributed by atoms with E-state index in [4.69, 9.17) is 4.74 Å². The molecule has 1 saturated heterocycles. The lowest BCUT2D eigenvalue weighted by molar-refractivity contribution is 0.308. The Morgan fingerprint density at radius 2 is 1.89 bits per heavy atom. The third kappa shape index (κ3) is 4.32. The van der Waals surface area contributed by atoms with Crippen molar-refractivity contribution in [3.63, 3.8) is 0 Å². The smallest absolute Gasteiger partial charge is 0.250 e. The first-order valence-corrected chi connectivity index (χ1v) is 11.9. The predicted octanol–water partition coefficient (Wildman–Crippen LogP) is 2.03. The van der Waals surface area contributed by atoms with Crippen molar-refractivity contribution in [2.45, 2.75) is 28.0 Å². The molecule has 1 aliphatic rings. The van der Waals surface area contributed by atoms with Crippen LogP contribution < -0.4 is 9.46 Å². The maximum absolute atomic E-state index is 13.8. The van der Waals surface area contributed by atoms with E-state index in [0.717, 1.165) is 17.4 Å². The molecule has 1 fully saturated rings. The number of benzene rings is 1. The Labute approximate surface area is 161 Å². The summed E-state index contributed by atoms with van der Waals surface area (Å²) >= 11 is 1.12. The molecule has 1 aliphatic heterocycles. The summed E-state index contributed by atoms with van der Waals surface area (Å²) in [5, 5.41) is 1.68. The summed E-state index contributed by atoms with van der Waals surface area (Å²) in [6.07, 6.45) is 0.672. The van der Waals surface area contributed by atoms with Crippen LogP contribution in [0.5, 0.6) is 5.75 Å². The molecule has 1 N–H and O–H groups in total. The number of sulfonamides is 2. The molecular formula is C16H19FN2O5S3. The van der Waals surface area contributed by atoms with Crippen LogP contribution in [-0.2, 0) is 20.0 Å². The average Bonchev–Trinajstić information content (AvgIpc) is 3.17. The molecule has 1 aromatic carbocycles. The van der Waals surface area contributed by atoms with Gasteiger partial charge < -0.3 is 4.74 Å². The van der Waals surface area contributed by atoms with E-state index in [1.54, 1.807) is 11.4 Å². The van der Waals surface area contributed by atoms with Gasteiger partial charge in [0.2, 0.25) is 20.0 Å². The number of piperidine rings is 1. The quantitative estimate of drug-likeness (QED) is 0.751. The third-order valence-electron chi connectivity index (χ3n) is 4.30.